The number of aryl methyl sites for hydroxylation is 2. The molecule has 2 aliphatic rings. The third-order valence-corrected chi connectivity index (χ3v) is 5.56. The molecule has 2 heteroatoms. The van der Waals surface area contributed by atoms with E-state index >= 15 is 0 Å². The van der Waals surface area contributed by atoms with Crippen molar-refractivity contribution in [3.8, 4) is 0 Å². The Balaban J connectivity index is 1.98. The van der Waals surface area contributed by atoms with Crippen LogP contribution in [0.1, 0.15) is 48.8 Å². The summed E-state index contributed by atoms with van der Waals surface area (Å²) in [5, 5.41) is 0. The molecule has 2 N–H and O–H groups in total. The van der Waals surface area contributed by atoms with E-state index in [2.05, 4.69) is 37.0 Å². The van der Waals surface area contributed by atoms with Crippen LogP contribution in [0.3, 0.4) is 0 Å². The zero-order valence-corrected chi connectivity index (χ0v) is 12.3. The Morgan fingerprint density at radius 1 is 1.16 bits per heavy atom. The summed E-state index contributed by atoms with van der Waals surface area (Å²) < 4.78 is 0. The van der Waals surface area contributed by atoms with E-state index in [1.54, 1.807) is 0 Å². The van der Waals surface area contributed by atoms with Gasteiger partial charge in [-0.3, -0.25) is 4.99 Å². The average molecular weight is 256 g/mol. The Morgan fingerprint density at radius 3 is 2.32 bits per heavy atom. The molecule has 0 unspecified atom stereocenters. The molecule has 3 rings (SSSR count). The molecule has 0 radical (unpaired) electrons. The van der Waals surface area contributed by atoms with E-state index in [1.807, 2.05) is 7.05 Å². The highest BCUT2D eigenvalue weighted by atomic mass is 14.9. The first-order valence-corrected chi connectivity index (χ1v) is 7.32. The van der Waals surface area contributed by atoms with Crippen LogP contribution in [0.4, 0.5) is 0 Å². The van der Waals surface area contributed by atoms with Gasteiger partial charge in [-0.25, -0.2) is 0 Å². The van der Waals surface area contributed by atoms with Crippen molar-refractivity contribution in [2.24, 2.45) is 16.1 Å². The van der Waals surface area contributed by atoms with Crippen LogP contribution in [-0.2, 0) is 5.41 Å². The van der Waals surface area contributed by atoms with E-state index in [0.29, 0.717) is 5.41 Å². The maximum absolute atomic E-state index is 6.28. The third-order valence-electron chi connectivity index (χ3n) is 5.56. The summed E-state index contributed by atoms with van der Waals surface area (Å²) in [7, 11) is 1.82. The summed E-state index contributed by atoms with van der Waals surface area (Å²) in [6, 6.07) is 6.80. The Kier molecular flexibility index (Phi) is 2.74. The highest BCUT2D eigenvalue weighted by molar-refractivity contribution is 5.93. The lowest BCUT2D eigenvalue weighted by atomic mass is 9.43. The minimum atomic E-state index is 0.0215. The second-order valence-corrected chi connectivity index (χ2v) is 6.70. The summed E-state index contributed by atoms with van der Waals surface area (Å²) >= 11 is 0. The summed E-state index contributed by atoms with van der Waals surface area (Å²) in [5.74, 6) is 0.827. The maximum Gasteiger partial charge on any atom is 0.104 e. The van der Waals surface area contributed by atoms with Gasteiger partial charge in [0.05, 0.1) is 5.41 Å². The minimum Gasteiger partial charge on any atom is -0.387 e. The van der Waals surface area contributed by atoms with Crippen molar-refractivity contribution in [2.75, 3.05) is 7.05 Å². The van der Waals surface area contributed by atoms with Gasteiger partial charge in [-0.15, -0.1) is 0 Å². The summed E-state index contributed by atoms with van der Waals surface area (Å²) in [5.41, 5.74) is 11.0. The average Bonchev–Trinajstić information content (AvgIpc) is 2.30. The number of benzene rings is 1. The number of hydrogen-bond donors (Lipinski definition) is 1. The van der Waals surface area contributed by atoms with Gasteiger partial charge in [0.25, 0.3) is 0 Å². The van der Waals surface area contributed by atoms with Gasteiger partial charge in [0, 0.05) is 7.05 Å². The monoisotopic (exact) mass is 256 g/mol. The number of nitrogens with two attached hydrogens (primary N) is 1. The van der Waals surface area contributed by atoms with E-state index in [0.717, 1.165) is 5.84 Å². The molecule has 0 amide bonds. The zero-order chi connectivity index (χ0) is 13.7. The Bertz CT molecular complexity index is 530. The van der Waals surface area contributed by atoms with Crippen molar-refractivity contribution in [3.63, 3.8) is 0 Å². The first kappa shape index (κ1) is 12.7. The van der Waals surface area contributed by atoms with E-state index < -0.39 is 0 Å². The molecule has 0 saturated heterocycles. The Hall–Kier alpha value is -1.31. The predicted molar refractivity (Wildman–Crippen MR) is 80.7 cm³/mol. The van der Waals surface area contributed by atoms with Crippen molar-refractivity contribution in [1.29, 1.82) is 0 Å². The lowest BCUT2D eigenvalue weighted by Crippen LogP contribution is -2.59. The molecule has 2 aliphatic carbocycles. The molecule has 1 aromatic carbocycles. The van der Waals surface area contributed by atoms with Crippen LogP contribution in [-0.4, -0.2) is 12.9 Å². The van der Waals surface area contributed by atoms with Gasteiger partial charge in [0.1, 0.15) is 5.84 Å². The van der Waals surface area contributed by atoms with Crippen molar-refractivity contribution in [3.05, 3.63) is 34.9 Å². The van der Waals surface area contributed by atoms with E-state index in [1.165, 1.54) is 48.8 Å². The van der Waals surface area contributed by atoms with Crippen LogP contribution < -0.4 is 5.73 Å². The van der Waals surface area contributed by atoms with Gasteiger partial charge >= 0.3 is 0 Å². The maximum atomic E-state index is 6.28. The van der Waals surface area contributed by atoms with Gasteiger partial charge < -0.3 is 5.73 Å². The smallest absolute Gasteiger partial charge is 0.104 e. The van der Waals surface area contributed by atoms with Crippen LogP contribution in [0, 0.1) is 19.3 Å². The number of rotatable bonds is 2. The second kappa shape index (κ2) is 4.09. The first-order chi connectivity index (χ1) is 9.01. The van der Waals surface area contributed by atoms with E-state index in [9.17, 15) is 0 Å². The third kappa shape index (κ3) is 1.73. The molecule has 0 bridgehead atoms. The molecular formula is C17H24N2. The Labute approximate surface area is 116 Å². The molecule has 1 spiro atoms. The SMILES string of the molecule is CN=C(N)C1(c2ccc(C)c(C)c2)CC2(CCC2)C1. The topological polar surface area (TPSA) is 38.4 Å². The van der Waals surface area contributed by atoms with Crippen LogP contribution in [0.2, 0.25) is 0 Å². The quantitative estimate of drug-likeness (QED) is 0.638. The molecule has 1 aromatic rings. The van der Waals surface area contributed by atoms with Gasteiger partial charge in [-0.1, -0.05) is 24.6 Å². The van der Waals surface area contributed by atoms with Gasteiger partial charge in [-0.2, -0.15) is 0 Å². The molecule has 2 nitrogen and oxygen atoms in total. The fourth-order valence-electron chi connectivity index (χ4n) is 4.05. The fraction of sp³-hybridized carbons (Fsp3) is 0.588. The number of hydrogen-bond acceptors (Lipinski definition) is 1. The van der Waals surface area contributed by atoms with Crippen molar-refractivity contribution >= 4 is 5.84 Å². The molecule has 102 valence electrons. The van der Waals surface area contributed by atoms with E-state index in [4.69, 9.17) is 5.73 Å². The fourth-order valence-corrected chi connectivity index (χ4v) is 4.05. The number of nitrogens with zero attached hydrogens (tertiary/aromatic N) is 1. The summed E-state index contributed by atoms with van der Waals surface area (Å²) in [6.07, 6.45) is 6.57. The van der Waals surface area contributed by atoms with Crippen LogP contribution in [0.5, 0.6) is 0 Å². The molecule has 0 aromatic heterocycles. The van der Waals surface area contributed by atoms with Gasteiger partial charge in [0.15, 0.2) is 0 Å². The van der Waals surface area contributed by atoms with Gasteiger partial charge in [0.2, 0.25) is 0 Å². The van der Waals surface area contributed by atoms with E-state index in [-0.39, 0.29) is 5.41 Å². The Morgan fingerprint density at radius 2 is 1.84 bits per heavy atom. The van der Waals surface area contributed by atoms with Gasteiger partial charge in [-0.05, 0) is 61.6 Å². The highest BCUT2D eigenvalue weighted by Gasteiger charge is 2.59. The molecule has 0 atom stereocenters. The molecule has 19 heavy (non-hydrogen) atoms. The first-order valence-electron chi connectivity index (χ1n) is 7.32. The molecule has 0 aliphatic heterocycles. The summed E-state index contributed by atoms with van der Waals surface area (Å²) in [4.78, 5) is 4.33. The second-order valence-electron chi connectivity index (χ2n) is 6.70. The number of aliphatic imine (C=N–C) groups is 1. The predicted octanol–water partition coefficient (Wildman–Crippen LogP) is 3.49. The lowest BCUT2D eigenvalue weighted by molar-refractivity contribution is -0.0177. The highest BCUT2D eigenvalue weighted by Crippen LogP contribution is 2.65. The van der Waals surface area contributed by atoms with Crippen LogP contribution >= 0.6 is 0 Å². The normalized spacial score (nSPS) is 23.8. The standard InChI is InChI=1S/C17H24N2/c1-12-5-6-14(9-13(12)2)17(15(18)19-3)10-16(11-17)7-4-8-16/h5-6,9H,4,7-8,10-11H2,1-3H3,(H2,18,19). The number of amidine groups is 1. The van der Waals surface area contributed by atoms with Crippen molar-refractivity contribution in [1.82, 2.24) is 0 Å². The molecular weight excluding hydrogens is 232 g/mol. The van der Waals surface area contributed by atoms with Crippen molar-refractivity contribution < 1.29 is 0 Å². The molecule has 2 fully saturated rings. The molecule has 0 heterocycles. The largest absolute Gasteiger partial charge is 0.387 e. The zero-order valence-electron chi connectivity index (χ0n) is 12.3. The minimum absolute atomic E-state index is 0.0215. The lowest BCUT2D eigenvalue weighted by Gasteiger charge is -2.61. The van der Waals surface area contributed by atoms with Crippen LogP contribution in [0.25, 0.3) is 0 Å². The van der Waals surface area contributed by atoms with Crippen LogP contribution in [0.15, 0.2) is 23.2 Å². The van der Waals surface area contributed by atoms with Crippen molar-refractivity contribution in [2.45, 2.75) is 51.4 Å². The molecule has 2 saturated carbocycles. The summed E-state index contributed by atoms with van der Waals surface area (Å²) in [6.45, 7) is 4.35.